The molecule has 5 rings (SSSR count). The highest BCUT2D eigenvalue weighted by atomic mass is 19.1. The van der Waals surface area contributed by atoms with Gasteiger partial charge in [-0.25, -0.2) is 4.39 Å². The first-order valence-corrected chi connectivity index (χ1v) is 12.9. The van der Waals surface area contributed by atoms with E-state index in [1.807, 2.05) is 28.8 Å². The molecule has 0 radical (unpaired) electrons. The second kappa shape index (κ2) is 9.96. The molecule has 1 aromatic heterocycles. The molecule has 3 aromatic rings. The minimum Gasteiger partial charge on any atom is -0.497 e. The van der Waals surface area contributed by atoms with Crippen LogP contribution < -0.4 is 10.1 Å². The smallest absolute Gasteiger partial charge is 0.271 e. The van der Waals surface area contributed by atoms with E-state index >= 15 is 0 Å². The van der Waals surface area contributed by atoms with Crippen LogP contribution in [0.5, 0.6) is 5.75 Å². The summed E-state index contributed by atoms with van der Waals surface area (Å²) in [6.45, 7) is 2.10. The van der Waals surface area contributed by atoms with Crippen molar-refractivity contribution in [2.75, 3.05) is 7.11 Å². The second-order valence-electron chi connectivity index (χ2n) is 10.3. The second-order valence-corrected chi connectivity index (χ2v) is 10.3. The third-order valence-electron chi connectivity index (χ3n) is 7.85. The van der Waals surface area contributed by atoms with Crippen LogP contribution >= 0.6 is 0 Å². The summed E-state index contributed by atoms with van der Waals surface area (Å²) >= 11 is 0. The van der Waals surface area contributed by atoms with Gasteiger partial charge in [0.25, 0.3) is 5.91 Å². The van der Waals surface area contributed by atoms with Crippen molar-refractivity contribution in [3.05, 3.63) is 65.6 Å². The zero-order valence-corrected chi connectivity index (χ0v) is 21.1. The largest absolute Gasteiger partial charge is 0.497 e. The number of aromatic nitrogens is 1. The van der Waals surface area contributed by atoms with Crippen molar-refractivity contribution in [1.29, 1.82) is 0 Å². The van der Waals surface area contributed by atoms with Gasteiger partial charge in [0.05, 0.1) is 25.7 Å². The molecule has 1 aliphatic carbocycles. The highest BCUT2D eigenvalue weighted by Gasteiger charge is 2.48. The van der Waals surface area contributed by atoms with Gasteiger partial charge >= 0.3 is 0 Å². The molecule has 0 spiro atoms. The average Bonchev–Trinajstić information content (AvgIpc) is 3.21. The molecule has 2 aliphatic rings. The predicted octanol–water partition coefficient (Wildman–Crippen LogP) is 5.43. The number of rotatable bonds is 5. The fraction of sp³-hybridized carbons (Fsp3) is 0.448. The fourth-order valence-electron chi connectivity index (χ4n) is 5.64. The van der Waals surface area contributed by atoms with Gasteiger partial charge in [-0.15, -0.1) is 0 Å². The number of hydrogen-bond acceptors (Lipinski definition) is 3. The minimum absolute atomic E-state index is 0.0188. The van der Waals surface area contributed by atoms with E-state index in [2.05, 4.69) is 5.32 Å². The van der Waals surface area contributed by atoms with Gasteiger partial charge in [0.1, 0.15) is 22.8 Å². The number of hydrogen-bond donors (Lipinski definition) is 1. The number of fused-ring (bicyclic) bond motifs is 3. The van der Waals surface area contributed by atoms with Crippen LogP contribution in [0.2, 0.25) is 0 Å². The lowest BCUT2D eigenvalue weighted by atomic mass is 9.91. The summed E-state index contributed by atoms with van der Waals surface area (Å²) < 4.78 is 22.0. The molecule has 0 bridgehead atoms. The van der Waals surface area contributed by atoms with E-state index in [-0.39, 0.29) is 36.8 Å². The first-order valence-electron chi connectivity index (χ1n) is 12.9. The van der Waals surface area contributed by atoms with Gasteiger partial charge in [0.15, 0.2) is 0 Å². The van der Waals surface area contributed by atoms with Gasteiger partial charge in [-0.05, 0) is 44.0 Å². The Morgan fingerprint density at radius 2 is 1.81 bits per heavy atom. The Morgan fingerprint density at radius 3 is 2.53 bits per heavy atom. The van der Waals surface area contributed by atoms with E-state index < -0.39 is 5.54 Å². The van der Waals surface area contributed by atoms with Crippen LogP contribution in [0.25, 0.3) is 10.9 Å². The lowest BCUT2D eigenvalue weighted by Gasteiger charge is -2.44. The van der Waals surface area contributed by atoms with Crippen molar-refractivity contribution in [1.82, 2.24) is 14.8 Å². The van der Waals surface area contributed by atoms with E-state index in [4.69, 9.17) is 4.74 Å². The number of halogens is 1. The molecule has 1 N–H and O–H groups in total. The highest BCUT2D eigenvalue weighted by Crippen LogP contribution is 2.35. The van der Waals surface area contributed by atoms with Crippen molar-refractivity contribution in [3.63, 3.8) is 0 Å². The van der Waals surface area contributed by atoms with Crippen LogP contribution in [0.15, 0.2) is 48.5 Å². The molecule has 1 fully saturated rings. The Balaban J connectivity index is 1.55. The Bertz CT molecular complexity index is 1280. The van der Waals surface area contributed by atoms with Crippen molar-refractivity contribution in [2.24, 2.45) is 0 Å². The third-order valence-corrected chi connectivity index (χ3v) is 7.85. The van der Waals surface area contributed by atoms with E-state index in [1.165, 1.54) is 25.3 Å². The molecule has 36 heavy (non-hydrogen) atoms. The summed E-state index contributed by atoms with van der Waals surface area (Å²) in [4.78, 5) is 29.5. The lowest BCUT2D eigenvalue weighted by Crippen LogP contribution is -2.64. The maximum Gasteiger partial charge on any atom is 0.271 e. The van der Waals surface area contributed by atoms with Crippen molar-refractivity contribution in [2.45, 2.75) is 76.5 Å². The average molecular weight is 492 g/mol. The number of amides is 2. The van der Waals surface area contributed by atoms with E-state index in [0.717, 1.165) is 36.6 Å². The number of benzene rings is 2. The highest BCUT2D eigenvalue weighted by molar-refractivity contribution is 6.03. The van der Waals surface area contributed by atoms with Gasteiger partial charge in [-0.3, -0.25) is 9.59 Å². The Hall–Kier alpha value is -3.35. The monoisotopic (exact) mass is 491 g/mol. The van der Waals surface area contributed by atoms with Crippen LogP contribution in [0, 0.1) is 5.82 Å². The summed E-state index contributed by atoms with van der Waals surface area (Å²) in [6, 6.07) is 14.0. The summed E-state index contributed by atoms with van der Waals surface area (Å²) in [6.07, 6.45) is 7.67. The maximum atomic E-state index is 14.7. The van der Waals surface area contributed by atoms with Gasteiger partial charge < -0.3 is 19.5 Å². The SMILES string of the molecule is COc1ccc2cc3n(c2c1)CC(C)(C(=O)NC1CCCCCCC1)N(Cc1ccccc1F)C3=O. The summed E-state index contributed by atoms with van der Waals surface area (Å²) in [5.41, 5.74) is 0.533. The standard InChI is InChI=1S/C29H34FN3O3/c1-29(28(35)31-22-11-6-4-3-5-7-12-22)19-32-25-17-23(36-2)15-14-20(25)16-26(32)27(34)33(29)18-21-10-8-9-13-24(21)30/h8-10,13-17,22H,3-7,11-12,18-19H2,1-2H3,(H,31,35). The van der Waals surface area contributed by atoms with Crippen LogP contribution in [0.4, 0.5) is 4.39 Å². The van der Waals surface area contributed by atoms with Crippen LogP contribution in [-0.4, -0.2) is 40.0 Å². The molecule has 2 amide bonds. The number of carbonyl (C=O) groups is 2. The predicted molar refractivity (Wildman–Crippen MR) is 137 cm³/mol. The van der Waals surface area contributed by atoms with Crippen molar-refractivity contribution < 1.29 is 18.7 Å². The molecule has 1 atom stereocenters. The summed E-state index contributed by atoms with van der Waals surface area (Å²) in [5, 5.41) is 4.17. The Morgan fingerprint density at radius 1 is 1.08 bits per heavy atom. The topological polar surface area (TPSA) is 63.6 Å². The van der Waals surface area contributed by atoms with Gasteiger partial charge in [-0.1, -0.05) is 50.3 Å². The third kappa shape index (κ3) is 4.47. The van der Waals surface area contributed by atoms with Crippen LogP contribution in [0.3, 0.4) is 0 Å². The zero-order chi connectivity index (χ0) is 25.3. The van der Waals surface area contributed by atoms with Crippen LogP contribution in [-0.2, 0) is 17.9 Å². The molecule has 6 nitrogen and oxygen atoms in total. The number of nitrogens with one attached hydrogen (secondary N) is 1. The van der Waals surface area contributed by atoms with Gasteiger partial charge in [-0.2, -0.15) is 0 Å². The van der Waals surface area contributed by atoms with Crippen LogP contribution in [0.1, 0.15) is 67.9 Å². The normalized spacial score (nSPS) is 21.1. The molecule has 7 heteroatoms. The Kier molecular flexibility index (Phi) is 6.73. The first kappa shape index (κ1) is 24.3. The van der Waals surface area contributed by atoms with E-state index in [0.29, 0.717) is 17.0 Å². The molecular formula is C29H34FN3O3. The molecule has 2 aromatic carbocycles. The number of carbonyl (C=O) groups excluding carboxylic acids is 2. The van der Waals surface area contributed by atoms with Crippen molar-refractivity contribution >= 4 is 22.7 Å². The minimum atomic E-state index is -1.19. The quantitative estimate of drug-likeness (QED) is 0.518. The fourth-order valence-corrected chi connectivity index (χ4v) is 5.64. The number of methoxy groups -OCH3 is 1. The number of ether oxygens (including phenoxy) is 1. The Labute approximate surface area is 211 Å². The molecule has 2 heterocycles. The van der Waals surface area contributed by atoms with Gasteiger partial charge in [0, 0.05) is 23.1 Å². The summed E-state index contributed by atoms with van der Waals surface area (Å²) in [5.74, 6) is -0.169. The molecule has 1 aliphatic heterocycles. The van der Waals surface area contributed by atoms with Gasteiger partial charge in [0.2, 0.25) is 5.91 Å². The lowest BCUT2D eigenvalue weighted by molar-refractivity contribution is -0.134. The van der Waals surface area contributed by atoms with E-state index in [1.54, 1.807) is 37.1 Å². The number of nitrogens with zero attached hydrogens (tertiary/aromatic N) is 2. The summed E-state index contributed by atoms with van der Waals surface area (Å²) in [7, 11) is 1.61. The molecule has 1 saturated carbocycles. The molecule has 0 saturated heterocycles. The zero-order valence-electron chi connectivity index (χ0n) is 21.1. The molecular weight excluding hydrogens is 457 g/mol. The molecule has 190 valence electrons. The maximum absolute atomic E-state index is 14.7. The van der Waals surface area contributed by atoms with E-state index in [9.17, 15) is 14.0 Å². The van der Waals surface area contributed by atoms with Crippen molar-refractivity contribution in [3.8, 4) is 5.75 Å². The molecule has 1 unspecified atom stereocenters. The first-order chi connectivity index (χ1) is 17.4.